The number of aliphatic carboxylic acids is 1. The second-order valence-electron chi connectivity index (χ2n) is 8.17. The predicted octanol–water partition coefficient (Wildman–Crippen LogP) is 7.60. The van der Waals surface area contributed by atoms with Gasteiger partial charge in [0, 0.05) is 17.0 Å². The van der Waals surface area contributed by atoms with Crippen LogP contribution in [0.5, 0.6) is 0 Å². The van der Waals surface area contributed by atoms with E-state index < -0.39 is 5.97 Å². The van der Waals surface area contributed by atoms with E-state index in [1.54, 1.807) is 36.4 Å². The zero-order valence-corrected chi connectivity index (χ0v) is 22.2. The summed E-state index contributed by atoms with van der Waals surface area (Å²) in [6, 6.07) is 16.7. The second-order valence-corrected chi connectivity index (χ2v) is 9.55. The number of hydrogen-bond acceptors (Lipinski definition) is 5. The lowest BCUT2D eigenvalue weighted by Gasteiger charge is -2.14. The lowest BCUT2D eigenvalue weighted by molar-refractivity contribution is -0.129. The predicted molar refractivity (Wildman–Crippen MR) is 145 cm³/mol. The summed E-state index contributed by atoms with van der Waals surface area (Å²) in [5, 5.41) is 15.6. The van der Waals surface area contributed by atoms with Gasteiger partial charge in [0.15, 0.2) is 5.78 Å². The summed E-state index contributed by atoms with van der Waals surface area (Å²) >= 11 is 6.93. The largest absolute Gasteiger partial charge is 0.476 e. The van der Waals surface area contributed by atoms with Crippen molar-refractivity contribution >= 4 is 46.0 Å². The Bertz CT molecular complexity index is 1210. The molecule has 1 aromatic heterocycles. The molecule has 0 amide bonds. The molecule has 0 unspecified atom stereocenters. The second kappa shape index (κ2) is 13.6. The highest BCUT2D eigenvalue weighted by atomic mass is 35.5. The Hall–Kier alpha value is -3.22. The number of Topliss-reactive ketones (excluding diaryl/α,β-unsaturated/α-hetero) is 1. The molecule has 0 fully saturated rings. The molecule has 0 saturated carbocycles. The molecule has 0 spiro atoms. The number of nitrogens with zero attached hydrogens (tertiary/aromatic N) is 1. The van der Waals surface area contributed by atoms with Gasteiger partial charge in [-0.3, -0.25) is 4.79 Å². The molecule has 3 aromatic rings. The number of rotatable bonds is 8. The molecule has 7 heteroatoms. The summed E-state index contributed by atoms with van der Waals surface area (Å²) in [6.45, 7) is 10.2. The fourth-order valence-corrected chi connectivity index (χ4v) is 4.08. The van der Waals surface area contributed by atoms with Crippen LogP contribution in [0.4, 0.5) is 0 Å². The minimum absolute atomic E-state index is 0.0551. The topological polar surface area (TPSA) is 76.0 Å². The number of halogens is 1. The van der Waals surface area contributed by atoms with Gasteiger partial charge in [0.2, 0.25) is 5.71 Å². The average molecular weight is 512 g/mol. The van der Waals surface area contributed by atoms with Crippen LogP contribution in [0.1, 0.15) is 59.1 Å². The van der Waals surface area contributed by atoms with Crippen molar-refractivity contribution in [1.82, 2.24) is 0 Å². The molecule has 0 bridgehead atoms. The summed E-state index contributed by atoms with van der Waals surface area (Å²) in [4.78, 5) is 28.0. The van der Waals surface area contributed by atoms with Gasteiger partial charge in [0.1, 0.15) is 6.61 Å². The molecule has 0 aliphatic heterocycles. The summed E-state index contributed by atoms with van der Waals surface area (Å²) in [6.07, 6.45) is 0.674. The first-order chi connectivity index (χ1) is 16.6. The van der Waals surface area contributed by atoms with E-state index in [1.165, 1.54) is 46.1 Å². The number of oxime groups is 1. The van der Waals surface area contributed by atoms with E-state index in [2.05, 4.69) is 51.0 Å². The van der Waals surface area contributed by atoms with Crippen molar-refractivity contribution in [2.24, 2.45) is 5.16 Å². The van der Waals surface area contributed by atoms with Crippen LogP contribution in [0, 0.1) is 13.8 Å². The van der Waals surface area contributed by atoms with E-state index in [1.807, 2.05) is 5.38 Å². The maximum atomic E-state index is 11.3. The zero-order valence-electron chi connectivity index (χ0n) is 20.6. The van der Waals surface area contributed by atoms with Gasteiger partial charge in [-0.25, -0.2) is 4.79 Å². The summed E-state index contributed by atoms with van der Waals surface area (Å²) in [5.41, 5.74) is 6.72. The Labute approximate surface area is 215 Å². The molecule has 0 aliphatic carbocycles. The van der Waals surface area contributed by atoms with E-state index in [0.717, 1.165) is 0 Å². The monoisotopic (exact) mass is 511 g/mol. The van der Waals surface area contributed by atoms with E-state index in [0.29, 0.717) is 28.5 Å². The molecule has 5 nitrogen and oxygen atoms in total. The Morgan fingerprint density at radius 3 is 2.26 bits per heavy atom. The minimum Gasteiger partial charge on any atom is -0.476 e. The van der Waals surface area contributed by atoms with Gasteiger partial charge >= 0.3 is 5.97 Å². The lowest BCUT2D eigenvalue weighted by atomic mass is 9.93. The fourth-order valence-electron chi connectivity index (χ4n) is 3.26. The molecule has 1 heterocycles. The first kappa shape index (κ1) is 28.0. The first-order valence-electron chi connectivity index (χ1n) is 11.1. The van der Waals surface area contributed by atoms with Crippen molar-refractivity contribution in [3.63, 3.8) is 0 Å². The molecular weight excluding hydrogens is 482 g/mol. The number of carbonyl (C=O) groups is 2. The summed E-state index contributed by atoms with van der Waals surface area (Å²) < 4.78 is 0. The maximum Gasteiger partial charge on any atom is 0.359 e. The molecule has 35 heavy (non-hydrogen) atoms. The standard InChI is InChI=1S/C20H23NO3S.C8H7ClO/c1-13(2)16(17-12-14(3)7-8-15(17)4)9-10-24-21-19(20(22)23)18-6-5-11-25-18;1-6(10)7-2-4-8(9)5-3-7/h5-8,11-12H,9-10H2,1-4H3,(H,22,23);2-5H,1H3/b21-19-;. The van der Waals surface area contributed by atoms with Crippen LogP contribution in [0.15, 0.2) is 70.7 Å². The molecular formula is C28H30ClNO4S. The first-order valence-corrected chi connectivity index (χ1v) is 12.3. The number of hydrogen-bond donors (Lipinski definition) is 1. The molecule has 1 N–H and O–H groups in total. The maximum absolute atomic E-state index is 11.3. The van der Waals surface area contributed by atoms with E-state index in [4.69, 9.17) is 16.4 Å². The summed E-state index contributed by atoms with van der Waals surface area (Å²) in [7, 11) is 0. The van der Waals surface area contributed by atoms with Gasteiger partial charge < -0.3 is 9.94 Å². The third kappa shape index (κ3) is 8.81. The lowest BCUT2D eigenvalue weighted by Crippen LogP contribution is -2.13. The average Bonchev–Trinajstić information content (AvgIpc) is 3.33. The highest BCUT2D eigenvalue weighted by Crippen LogP contribution is 2.26. The molecule has 0 saturated heterocycles. The van der Waals surface area contributed by atoms with Crippen LogP contribution in [-0.4, -0.2) is 29.2 Å². The van der Waals surface area contributed by atoms with Crippen molar-refractivity contribution in [3.8, 4) is 0 Å². The zero-order chi connectivity index (χ0) is 26.0. The van der Waals surface area contributed by atoms with E-state index in [9.17, 15) is 14.7 Å². The quantitative estimate of drug-likeness (QED) is 0.146. The molecule has 0 aliphatic rings. The number of benzene rings is 2. The van der Waals surface area contributed by atoms with Crippen molar-refractivity contribution in [1.29, 1.82) is 0 Å². The van der Waals surface area contributed by atoms with Crippen molar-refractivity contribution in [3.05, 3.63) is 97.7 Å². The number of carbonyl (C=O) groups excluding carboxylic acids is 1. The highest BCUT2D eigenvalue weighted by molar-refractivity contribution is 7.13. The van der Waals surface area contributed by atoms with Crippen molar-refractivity contribution in [2.45, 2.75) is 41.0 Å². The van der Waals surface area contributed by atoms with Crippen LogP contribution >= 0.6 is 22.9 Å². The van der Waals surface area contributed by atoms with Crippen molar-refractivity contribution < 1.29 is 19.5 Å². The number of aryl methyl sites for hydroxylation is 2. The van der Waals surface area contributed by atoms with Crippen LogP contribution in [0.2, 0.25) is 5.02 Å². The van der Waals surface area contributed by atoms with Crippen LogP contribution in [0.3, 0.4) is 0 Å². The number of carboxylic acid groups (broad SMARTS) is 1. The van der Waals surface area contributed by atoms with Gasteiger partial charge in [-0.1, -0.05) is 52.2 Å². The number of ketones is 1. The van der Waals surface area contributed by atoms with Gasteiger partial charge in [-0.15, -0.1) is 11.3 Å². The molecule has 3 rings (SSSR count). The van der Waals surface area contributed by atoms with Crippen LogP contribution in [-0.2, 0) is 9.63 Å². The minimum atomic E-state index is -1.08. The van der Waals surface area contributed by atoms with E-state index in [-0.39, 0.29) is 11.5 Å². The molecule has 184 valence electrons. The smallest absolute Gasteiger partial charge is 0.359 e. The number of carboxylic acids is 1. The van der Waals surface area contributed by atoms with Gasteiger partial charge in [0.25, 0.3) is 0 Å². The van der Waals surface area contributed by atoms with Gasteiger partial charge in [-0.05, 0) is 87.0 Å². The SMILES string of the molecule is CC(=O)c1ccc(Cl)cc1.CC(C)=C(CCO/N=C(\C(=O)O)c1cccs1)c1cc(C)ccc1C. The van der Waals surface area contributed by atoms with Gasteiger partial charge in [-0.2, -0.15) is 0 Å². The Morgan fingerprint density at radius 2 is 1.71 bits per heavy atom. The number of allylic oxidation sites excluding steroid dienone is 1. The molecule has 2 aromatic carbocycles. The highest BCUT2D eigenvalue weighted by Gasteiger charge is 2.15. The third-order valence-electron chi connectivity index (χ3n) is 5.13. The van der Waals surface area contributed by atoms with Gasteiger partial charge in [0.05, 0.1) is 4.88 Å². The summed E-state index contributed by atoms with van der Waals surface area (Å²) in [5.74, 6) is -1.02. The normalized spacial score (nSPS) is 10.7. The Kier molecular flexibility index (Phi) is 10.9. The van der Waals surface area contributed by atoms with Crippen LogP contribution in [0.25, 0.3) is 5.57 Å². The number of thiophene rings is 1. The fraction of sp³-hybridized carbons (Fsp3) is 0.250. The Balaban J connectivity index is 0.000000360. The van der Waals surface area contributed by atoms with Crippen molar-refractivity contribution in [2.75, 3.05) is 6.61 Å². The van der Waals surface area contributed by atoms with Crippen LogP contribution < -0.4 is 0 Å². The Morgan fingerprint density at radius 1 is 1.03 bits per heavy atom. The molecule has 0 atom stereocenters. The molecule has 0 radical (unpaired) electrons. The third-order valence-corrected chi connectivity index (χ3v) is 6.26. The van der Waals surface area contributed by atoms with E-state index >= 15 is 0 Å².